The van der Waals surface area contributed by atoms with Crippen molar-refractivity contribution in [3.63, 3.8) is 0 Å². The number of hydrogen-bond donors (Lipinski definition) is 0. The van der Waals surface area contributed by atoms with Gasteiger partial charge in [0.05, 0.1) is 0 Å². The smallest absolute Gasteiger partial charge is 0.137 e. The van der Waals surface area contributed by atoms with E-state index in [4.69, 9.17) is 23.2 Å². The predicted molar refractivity (Wildman–Crippen MR) is 48.6 cm³/mol. The van der Waals surface area contributed by atoms with Gasteiger partial charge in [0.1, 0.15) is 16.6 Å². The second-order valence-corrected chi connectivity index (χ2v) is 3.71. The van der Waals surface area contributed by atoms with Gasteiger partial charge in [0.2, 0.25) is 0 Å². The van der Waals surface area contributed by atoms with Crippen LogP contribution in [-0.4, -0.2) is 9.97 Å². The van der Waals surface area contributed by atoms with E-state index in [1.807, 2.05) is 0 Å². The standard InChI is InChI=1S/C8H8Cl2N2/c9-7-6(5-2-1-3-5)8(10)12-4-11-7/h4-5H,1-3H2. The van der Waals surface area contributed by atoms with E-state index < -0.39 is 0 Å². The molecule has 0 aliphatic heterocycles. The molecule has 0 bridgehead atoms. The van der Waals surface area contributed by atoms with Gasteiger partial charge in [-0.1, -0.05) is 29.6 Å². The Morgan fingerprint density at radius 3 is 2.17 bits per heavy atom. The third kappa shape index (κ3) is 1.29. The lowest BCUT2D eigenvalue weighted by molar-refractivity contribution is 0.418. The van der Waals surface area contributed by atoms with Gasteiger partial charge < -0.3 is 0 Å². The summed E-state index contributed by atoms with van der Waals surface area (Å²) in [6, 6.07) is 0. The lowest BCUT2D eigenvalue weighted by atomic mass is 9.81. The van der Waals surface area contributed by atoms with E-state index >= 15 is 0 Å². The minimum Gasteiger partial charge on any atom is -0.224 e. The highest BCUT2D eigenvalue weighted by atomic mass is 35.5. The average Bonchev–Trinajstić information content (AvgIpc) is 1.93. The van der Waals surface area contributed by atoms with Crippen molar-refractivity contribution in [2.75, 3.05) is 0 Å². The zero-order valence-corrected chi connectivity index (χ0v) is 7.94. The summed E-state index contributed by atoms with van der Waals surface area (Å²) in [4.78, 5) is 7.83. The topological polar surface area (TPSA) is 25.8 Å². The summed E-state index contributed by atoms with van der Waals surface area (Å²) in [7, 11) is 0. The highest BCUT2D eigenvalue weighted by Crippen LogP contribution is 2.41. The summed E-state index contributed by atoms with van der Waals surface area (Å²) < 4.78 is 0. The predicted octanol–water partition coefficient (Wildman–Crippen LogP) is 3.05. The van der Waals surface area contributed by atoms with Crippen LogP contribution >= 0.6 is 23.2 Å². The van der Waals surface area contributed by atoms with Crippen molar-refractivity contribution in [3.05, 3.63) is 22.2 Å². The van der Waals surface area contributed by atoms with E-state index in [0.29, 0.717) is 16.2 Å². The van der Waals surface area contributed by atoms with Gasteiger partial charge in [-0.05, 0) is 18.8 Å². The summed E-state index contributed by atoms with van der Waals surface area (Å²) in [5.74, 6) is 0.492. The Morgan fingerprint density at radius 1 is 1.17 bits per heavy atom. The lowest BCUT2D eigenvalue weighted by Crippen LogP contribution is -2.11. The molecule has 0 saturated heterocycles. The second kappa shape index (κ2) is 3.19. The van der Waals surface area contributed by atoms with E-state index in [0.717, 1.165) is 18.4 Å². The molecule has 4 heteroatoms. The van der Waals surface area contributed by atoms with Gasteiger partial charge >= 0.3 is 0 Å². The van der Waals surface area contributed by atoms with Crippen molar-refractivity contribution in [2.45, 2.75) is 25.2 Å². The van der Waals surface area contributed by atoms with Crippen LogP contribution in [0.2, 0.25) is 10.3 Å². The molecule has 0 N–H and O–H groups in total. The molecule has 2 nitrogen and oxygen atoms in total. The molecule has 0 aromatic carbocycles. The summed E-state index contributed by atoms with van der Waals surface area (Å²) in [5.41, 5.74) is 0.937. The fourth-order valence-electron chi connectivity index (χ4n) is 1.39. The maximum absolute atomic E-state index is 5.90. The number of nitrogens with zero attached hydrogens (tertiary/aromatic N) is 2. The zero-order valence-electron chi connectivity index (χ0n) is 6.43. The highest BCUT2D eigenvalue weighted by Gasteiger charge is 2.25. The van der Waals surface area contributed by atoms with Crippen molar-refractivity contribution >= 4 is 23.2 Å². The first kappa shape index (κ1) is 8.27. The Balaban J connectivity index is 2.39. The molecule has 2 rings (SSSR count). The summed E-state index contributed by atoms with van der Waals surface area (Å²) in [6.07, 6.45) is 4.97. The molecule has 12 heavy (non-hydrogen) atoms. The molecule has 0 radical (unpaired) electrons. The van der Waals surface area contributed by atoms with Crippen LogP contribution in [-0.2, 0) is 0 Å². The minimum absolute atomic E-state index is 0.492. The van der Waals surface area contributed by atoms with E-state index in [1.54, 1.807) is 0 Å². The molecule has 0 amide bonds. The number of halogens is 2. The van der Waals surface area contributed by atoms with Crippen LogP contribution in [0.4, 0.5) is 0 Å². The van der Waals surface area contributed by atoms with Crippen molar-refractivity contribution in [2.24, 2.45) is 0 Å². The first-order valence-corrected chi connectivity index (χ1v) is 4.70. The second-order valence-electron chi connectivity index (χ2n) is 3.00. The monoisotopic (exact) mass is 202 g/mol. The largest absolute Gasteiger partial charge is 0.224 e. The molecule has 1 saturated carbocycles. The molecule has 0 atom stereocenters. The molecule has 1 aromatic rings. The van der Waals surface area contributed by atoms with Crippen LogP contribution in [0.15, 0.2) is 6.33 Å². The van der Waals surface area contributed by atoms with E-state index in [9.17, 15) is 0 Å². The fraction of sp³-hybridized carbons (Fsp3) is 0.500. The van der Waals surface area contributed by atoms with Crippen molar-refractivity contribution in [3.8, 4) is 0 Å². The van der Waals surface area contributed by atoms with Crippen molar-refractivity contribution in [1.29, 1.82) is 0 Å². The first-order chi connectivity index (χ1) is 5.79. The van der Waals surface area contributed by atoms with Gasteiger partial charge in [0.15, 0.2) is 0 Å². The van der Waals surface area contributed by atoms with Gasteiger partial charge in [-0.15, -0.1) is 0 Å². The van der Waals surface area contributed by atoms with Crippen LogP contribution < -0.4 is 0 Å². The maximum atomic E-state index is 5.90. The van der Waals surface area contributed by atoms with Crippen LogP contribution in [0.25, 0.3) is 0 Å². The fourth-order valence-corrected chi connectivity index (χ4v) is 2.01. The van der Waals surface area contributed by atoms with Crippen LogP contribution in [0.3, 0.4) is 0 Å². The zero-order chi connectivity index (χ0) is 8.55. The van der Waals surface area contributed by atoms with Crippen molar-refractivity contribution in [1.82, 2.24) is 9.97 Å². The molecule has 1 aliphatic rings. The van der Waals surface area contributed by atoms with E-state index in [1.165, 1.54) is 12.7 Å². The minimum atomic E-state index is 0.492. The van der Waals surface area contributed by atoms with Crippen molar-refractivity contribution < 1.29 is 0 Å². The summed E-state index contributed by atoms with van der Waals surface area (Å²) in [6.45, 7) is 0. The molecule has 0 spiro atoms. The quantitative estimate of drug-likeness (QED) is 0.655. The third-order valence-electron chi connectivity index (χ3n) is 2.30. The van der Waals surface area contributed by atoms with E-state index in [2.05, 4.69) is 9.97 Å². The van der Waals surface area contributed by atoms with E-state index in [-0.39, 0.29) is 0 Å². The number of rotatable bonds is 1. The summed E-state index contributed by atoms with van der Waals surface area (Å²) >= 11 is 11.8. The Bertz CT molecular complexity index is 277. The Labute approximate surface area is 80.9 Å². The first-order valence-electron chi connectivity index (χ1n) is 3.95. The van der Waals surface area contributed by atoms with Gasteiger partial charge in [0, 0.05) is 5.56 Å². The third-order valence-corrected chi connectivity index (χ3v) is 2.90. The van der Waals surface area contributed by atoms with Crippen LogP contribution in [0.5, 0.6) is 0 Å². The van der Waals surface area contributed by atoms with Gasteiger partial charge in [0.25, 0.3) is 0 Å². The summed E-state index contributed by atoms with van der Waals surface area (Å²) in [5, 5.41) is 1.03. The normalized spacial score (nSPS) is 17.5. The Hall–Kier alpha value is -0.340. The van der Waals surface area contributed by atoms with Gasteiger partial charge in [-0.2, -0.15) is 0 Å². The molecule has 0 unspecified atom stereocenters. The SMILES string of the molecule is Clc1ncnc(Cl)c1C1CCC1. The maximum Gasteiger partial charge on any atom is 0.137 e. The van der Waals surface area contributed by atoms with Gasteiger partial charge in [-0.25, -0.2) is 9.97 Å². The number of hydrogen-bond acceptors (Lipinski definition) is 2. The molecule has 1 heterocycles. The Kier molecular flexibility index (Phi) is 2.20. The molecular formula is C8H8Cl2N2. The molecule has 64 valence electrons. The number of aromatic nitrogens is 2. The molecule has 1 aromatic heterocycles. The average molecular weight is 203 g/mol. The molecule has 1 aliphatic carbocycles. The highest BCUT2D eigenvalue weighted by molar-refractivity contribution is 6.34. The van der Waals surface area contributed by atoms with Crippen LogP contribution in [0, 0.1) is 0 Å². The molecule has 1 fully saturated rings. The molecular weight excluding hydrogens is 195 g/mol. The Morgan fingerprint density at radius 2 is 1.75 bits per heavy atom. The van der Waals surface area contributed by atoms with Crippen LogP contribution in [0.1, 0.15) is 30.7 Å². The van der Waals surface area contributed by atoms with Gasteiger partial charge in [-0.3, -0.25) is 0 Å². The lowest BCUT2D eigenvalue weighted by Gasteiger charge is -2.26.